The van der Waals surface area contributed by atoms with Crippen molar-refractivity contribution in [2.24, 2.45) is 22.7 Å². The van der Waals surface area contributed by atoms with Gasteiger partial charge in [0, 0.05) is 26.3 Å². The first-order valence-electron chi connectivity index (χ1n) is 6.61. The van der Waals surface area contributed by atoms with Gasteiger partial charge in [0.2, 0.25) is 5.96 Å². The number of ether oxygens (including phenoxy) is 1. The van der Waals surface area contributed by atoms with Crippen molar-refractivity contribution in [1.29, 1.82) is 0 Å². The monoisotopic (exact) mass is 240 g/mol. The van der Waals surface area contributed by atoms with E-state index in [-0.39, 0.29) is 0 Å². The molecule has 5 heteroatoms. The molecule has 4 N–H and O–H groups in total. The summed E-state index contributed by atoms with van der Waals surface area (Å²) in [6.45, 7) is 1.50. The van der Waals surface area contributed by atoms with E-state index in [2.05, 4.69) is 15.7 Å². The third-order valence-electron chi connectivity index (χ3n) is 3.48. The van der Waals surface area contributed by atoms with Gasteiger partial charge in [-0.2, -0.15) is 0 Å². The summed E-state index contributed by atoms with van der Waals surface area (Å²) in [5, 5.41) is 3.48. The van der Waals surface area contributed by atoms with Crippen LogP contribution in [0.5, 0.6) is 0 Å². The standard InChI is InChI=1S/C12H24N4O/c1-17-8-2-7-14-12(16-13)15-11(9-3-4-9)10-5-6-10/h9-11H,2-8,13H2,1H3,(H2,14,15,16). The van der Waals surface area contributed by atoms with Gasteiger partial charge in [-0.1, -0.05) is 0 Å². The fourth-order valence-electron chi connectivity index (χ4n) is 2.22. The molecule has 0 amide bonds. The van der Waals surface area contributed by atoms with Crippen LogP contribution in [0.25, 0.3) is 0 Å². The quantitative estimate of drug-likeness (QED) is 0.201. The van der Waals surface area contributed by atoms with Crippen LogP contribution in [0.1, 0.15) is 32.1 Å². The Balaban J connectivity index is 1.76. The first-order valence-corrected chi connectivity index (χ1v) is 6.61. The average Bonchev–Trinajstić information content (AvgIpc) is 3.18. The van der Waals surface area contributed by atoms with Crippen molar-refractivity contribution >= 4 is 5.96 Å². The Morgan fingerprint density at radius 3 is 2.47 bits per heavy atom. The van der Waals surface area contributed by atoms with E-state index < -0.39 is 0 Å². The molecule has 0 unspecified atom stereocenters. The Morgan fingerprint density at radius 1 is 1.35 bits per heavy atom. The molecule has 5 nitrogen and oxygen atoms in total. The molecule has 0 heterocycles. The minimum absolute atomic E-state index is 0.590. The van der Waals surface area contributed by atoms with E-state index in [4.69, 9.17) is 10.6 Å². The van der Waals surface area contributed by atoms with Crippen LogP contribution in [0.2, 0.25) is 0 Å². The molecule has 0 aromatic rings. The Labute approximate surface area is 103 Å². The van der Waals surface area contributed by atoms with E-state index in [0.29, 0.717) is 6.04 Å². The minimum atomic E-state index is 0.590. The number of rotatable bonds is 7. The fraction of sp³-hybridized carbons (Fsp3) is 0.917. The minimum Gasteiger partial charge on any atom is -0.385 e. The predicted octanol–water partition coefficient (Wildman–Crippen LogP) is 0.620. The maximum absolute atomic E-state index is 5.50. The van der Waals surface area contributed by atoms with Crippen LogP contribution in [0.15, 0.2) is 4.99 Å². The van der Waals surface area contributed by atoms with Gasteiger partial charge < -0.3 is 10.1 Å². The van der Waals surface area contributed by atoms with Crippen LogP contribution < -0.4 is 16.6 Å². The third-order valence-corrected chi connectivity index (χ3v) is 3.48. The summed E-state index contributed by atoms with van der Waals surface area (Å²) in [7, 11) is 1.71. The molecule has 0 aromatic carbocycles. The van der Waals surface area contributed by atoms with Crippen LogP contribution in [0.3, 0.4) is 0 Å². The average molecular weight is 240 g/mol. The zero-order chi connectivity index (χ0) is 12.1. The fourth-order valence-corrected chi connectivity index (χ4v) is 2.22. The topological polar surface area (TPSA) is 71.7 Å². The van der Waals surface area contributed by atoms with Crippen molar-refractivity contribution in [3.8, 4) is 0 Å². The van der Waals surface area contributed by atoms with E-state index >= 15 is 0 Å². The molecular formula is C12H24N4O. The predicted molar refractivity (Wildman–Crippen MR) is 68.5 cm³/mol. The Bertz CT molecular complexity index is 249. The zero-order valence-electron chi connectivity index (χ0n) is 10.6. The maximum atomic E-state index is 5.50. The number of guanidine groups is 1. The number of hydrazine groups is 1. The number of nitrogens with zero attached hydrogens (tertiary/aromatic N) is 1. The molecule has 0 bridgehead atoms. The highest BCUT2D eigenvalue weighted by Gasteiger charge is 2.41. The first kappa shape index (κ1) is 12.6. The highest BCUT2D eigenvalue weighted by Crippen LogP contribution is 2.44. The van der Waals surface area contributed by atoms with Crippen LogP contribution >= 0.6 is 0 Å². The van der Waals surface area contributed by atoms with Crippen molar-refractivity contribution in [2.75, 3.05) is 20.3 Å². The molecule has 2 fully saturated rings. The van der Waals surface area contributed by atoms with E-state index in [0.717, 1.165) is 37.4 Å². The zero-order valence-corrected chi connectivity index (χ0v) is 10.6. The Morgan fingerprint density at radius 2 is 2.00 bits per heavy atom. The van der Waals surface area contributed by atoms with Gasteiger partial charge in [0.15, 0.2) is 0 Å². The molecule has 0 atom stereocenters. The number of nitrogens with two attached hydrogens (primary N) is 1. The van der Waals surface area contributed by atoms with Crippen molar-refractivity contribution in [2.45, 2.75) is 38.1 Å². The van der Waals surface area contributed by atoms with Crippen LogP contribution in [0.4, 0.5) is 0 Å². The summed E-state index contributed by atoms with van der Waals surface area (Å²) < 4.78 is 4.99. The van der Waals surface area contributed by atoms with Gasteiger partial charge in [0.25, 0.3) is 0 Å². The summed E-state index contributed by atoms with van der Waals surface area (Å²) in [6, 6.07) is 0.590. The summed E-state index contributed by atoms with van der Waals surface area (Å²) in [6.07, 6.45) is 6.36. The number of aliphatic imine (C=N–C) groups is 1. The third kappa shape index (κ3) is 4.16. The molecule has 0 radical (unpaired) electrons. The molecular weight excluding hydrogens is 216 g/mol. The van der Waals surface area contributed by atoms with Gasteiger partial charge in [-0.25, -0.2) is 5.84 Å². The van der Waals surface area contributed by atoms with Crippen molar-refractivity contribution < 1.29 is 4.74 Å². The molecule has 2 rings (SSSR count). The van der Waals surface area contributed by atoms with Gasteiger partial charge in [-0.15, -0.1) is 0 Å². The molecule has 0 aliphatic heterocycles. The normalized spacial score (nSPS) is 20.8. The molecule has 2 saturated carbocycles. The molecule has 98 valence electrons. The van der Waals surface area contributed by atoms with Crippen LogP contribution in [-0.4, -0.2) is 32.3 Å². The van der Waals surface area contributed by atoms with E-state index in [1.165, 1.54) is 25.7 Å². The van der Waals surface area contributed by atoms with Crippen molar-refractivity contribution in [3.63, 3.8) is 0 Å². The highest BCUT2D eigenvalue weighted by molar-refractivity contribution is 5.79. The van der Waals surface area contributed by atoms with Crippen molar-refractivity contribution in [1.82, 2.24) is 10.7 Å². The first-order chi connectivity index (χ1) is 8.35. The van der Waals surface area contributed by atoms with E-state index in [1.54, 1.807) is 7.11 Å². The largest absolute Gasteiger partial charge is 0.385 e. The molecule has 2 aliphatic rings. The summed E-state index contributed by atoms with van der Waals surface area (Å²) in [5.41, 5.74) is 2.67. The van der Waals surface area contributed by atoms with E-state index in [9.17, 15) is 0 Å². The van der Waals surface area contributed by atoms with Gasteiger partial charge in [0.1, 0.15) is 0 Å². The smallest absolute Gasteiger partial charge is 0.205 e. The second kappa shape index (κ2) is 6.21. The summed E-state index contributed by atoms with van der Waals surface area (Å²) >= 11 is 0. The lowest BCUT2D eigenvalue weighted by Crippen LogP contribution is -2.48. The highest BCUT2D eigenvalue weighted by atomic mass is 16.5. The lowest BCUT2D eigenvalue weighted by Gasteiger charge is -2.19. The van der Waals surface area contributed by atoms with Gasteiger partial charge in [-0.05, 0) is 43.9 Å². The number of nitrogens with one attached hydrogen (secondary N) is 2. The maximum Gasteiger partial charge on any atom is 0.205 e. The number of hydrogen-bond donors (Lipinski definition) is 3. The van der Waals surface area contributed by atoms with Gasteiger partial charge in [-0.3, -0.25) is 10.4 Å². The molecule has 0 saturated heterocycles. The molecule has 2 aliphatic carbocycles. The molecule has 0 spiro atoms. The lowest BCUT2D eigenvalue weighted by atomic mass is 10.1. The Hall–Kier alpha value is -0.810. The molecule has 17 heavy (non-hydrogen) atoms. The second-order valence-corrected chi connectivity index (χ2v) is 5.07. The van der Waals surface area contributed by atoms with Crippen LogP contribution in [0, 0.1) is 11.8 Å². The summed E-state index contributed by atoms with van der Waals surface area (Å²) in [5.74, 6) is 7.94. The van der Waals surface area contributed by atoms with Gasteiger partial charge >= 0.3 is 0 Å². The SMILES string of the molecule is COCCCN=C(NN)NC(C1CC1)C1CC1. The summed E-state index contributed by atoms with van der Waals surface area (Å²) in [4.78, 5) is 4.43. The number of hydrogen-bond acceptors (Lipinski definition) is 3. The molecule has 0 aromatic heterocycles. The van der Waals surface area contributed by atoms with Gasteiger partial charge in [0.05, 0.1) is 0 Å². The van der Waals surface area contributed by atoms with Crippen molar-refractivity contribution in [3.05, 3.63) is 0 Å². The number of methoxy groups -OCH3 is 1. The lowest BCUT2D eigenvalue weighted by molar-refractivity contribution is 0.197. The van der Waals surface area contributed by atoms with Crippen LogP contribution in [-0.2, 0) is 4.74 Å². The second-order valence-electron chi connectivity index (χ2n) is 5.07. The Kier molecular flexibility index (Phi) is 4.62. The van der Waals surface area contributed by atoms with E-state index in [1.807, 2.05) is 0 Å².